The maximum absolute atomic E-state index is 12.1. The highest BCUT2D eigenvalue weighted by Gasteiger charge is 2.21. The van der Waals surface area contributed by atoms with Gasteiger partial charge in [-0.25, -0.2) is 9.79 Å². The number of cyclic esters (lactones) is 1. The molecule has 0 saturated carbocycles. The summed E-state index contributed by atoms with van der Waals surface area (Å²) >= 11 is 12.1. The maximum atomic E-state index is 12.1. The average molecular weight is 404 g/mol. The lowest BCUT2D eigenvalue weighted by atomic mass is 10.1. The number of halogens is 2. The van der Waals surface area contributed by atoms with Crippen LogP contribution >= 0.6 is 23.2 Å². The SMILES string of the molecule is COc1ccc(/C=C2N=C(/C=C/c3cccc(Cl)c3Cl)OC\2=O)cc1OC. The van der Waals surface area contributed by atoms with E-state index in [2.05, 4.69) is 4.99 Å². The van der Waals surface area contributed by atoms with Gasteiger partial charge in [0.2, 0.25) is 5.90 Å². The summed E-state index contributed by atoms with van der Waals surface area (Å²) in [5.74, 6) is 0.779. The monoisotopic (exact) mass is 403 g/mol. The lowest BCUT2D eigenvalue weighted by molar-refractivity contribution is -0.129. The Labute approximate surface area is 166 Å². The molecule has 1 aliphatic heterocycles. The molecule has 1 heterocycles. The number of benzene rings is 2. The highest BCUT2D eigenvalue weighted by Crippen LogP contribution is 2.29. The van der Waals surface area contributed by atoms with Crippen molar-refractivity contribution in [3.63, 3.8) is 0 Å². The molecule has 27 heavy (non-hydrogen) atoms. The fourth-order valence-corrected chi connectivity index (χ4v) is 2.78. The molecule has 7 heteroatoms. The van der Waals surface area contributed by atoms with Crippen molar-refractivity contribution in [2.75, 3.05) is 14.2 Å². The number of methoxy groups -OCH3 is 2. The lowest BCUT2D eigenvalue weighted by Crippen LogP contribution is -2.01. The van der Waals surface area contributed by atoms with Crippen molar-refractivity contribution in [3.8, 4) is 11.5 Å². The third kappa shape index (κ3) is 4.32. The Morgan fingerprint density at radius 3 is 2.56 bits per heavy atom. The summed E-state index contributed by atoms with van der Waals surface area (Å²) in [6, 6.07) is 10.5. The molecule has 138 valence electrons. The van der Waals surface area contributed by atoms with Crippen LogP contribution in [0.2, 0.25) is 10.0 Å². The number of carbonyl (C=O) groups is 1. The van der Waals surface area contributed by atoms with Gasteiger partial charge in [0.25, 0.3) is 0 Å². The van der Waals surface area contributed by atoms with Crippen LogP contribution in [0.5, 0.6) is 11.5 Å². The van der Waals surface area contributed by atoms with Gasteiger partial charge in [-0.15, -0.1) is 0 Å². The molecule has 0 unspecified atom stereocenters. The molecule has 0 atom stereocenters. The second kappa shape index (κ2) is 8.29. The molecule has 2 aromatic rings. The smallest absolute Gasteiger partial charge is 0.363 e. The Morgan fingerprint density at radius 2 is 1.81 bits per heavy atom. The van der Waals surface area contributed by atoms with Crippen molar-refractivity contribution in [3.05, 3.63) is 69.3 Å². The standard InChI is InChI=1S/C20H15Cl2NO4/c1-25-16-8-6-12(11-17(16)26-2)10-15-20(24)27-18(23-15)9-7-13-4-3-5-14(21)19(13)22/h3-11H,1-2H3/b9-7+,15-10-. The molecular weight excluding hydrogens is 389 g/mol. The Balaban J connectivity index is 1.85. The van der Waals surface area contributed by atoms with Crippen molar-refractivity contribution in [2.45, 2.75) is 0 Å². The molecule has 0 saturated heterocycles. The topological polar surface area (TPSA) is 57.1 Å². The highest BCUT2D eigenvalue weighted by molar-refractivity contribution is 6.42. The van der Waals surface area contributed by atoms with Crippen LogP contribution in [0.25, 0.3) is 12.2 Å². The quantitative estimate of drug-likeness (QED) is 0.519. The Hall–Kier alpha value is -2.76. The molecule has 0 radical (unpaired) electrons. The minimum absolute atomic E-state index is 0.169. The van der Waals surface area contributed by atoms with Crippen LogP contribution in [0.4, 0.5) is 0 Å². The molecular formula is C20H15Cl2NO4. The number of nitrogens with zero attached hydrogens (tertiary/aromatic N) is 1. The minimum Gasteiger partial charge on any atom is -0.493 e. The van der Waals surface area contributed by atoms with E-state index in [4.69, 9.17) is 37.4 Å². The Bertz CT molecular complexity index is 980. The molecule has 0 aliphatic carbocycles. The lowest BCUT2D eigenvalue weighted by Gasteiger charge is -2.07. The molecule has 0 fully saturated rings. The first-order valence-electron chi connectivity index (χ1n) is 7.88. The normalized spacial score (nSPS) is 15.2. The summed E-state index contributed by atoms with van der Waals surface area (Å²) in [7, 11) is 3.10. The van der Waals surface area contributed by atoms with Crippen LogP contribution in [-0.4, -0.2) is 26.1 Å². The Morgan fingerprint density at radius 1 is 1.04 bits per heavy atom. The number of hydrogen-bond donors (Lipinski definition) is 0. The first-order chi connectivity index (χ1) is 13.0. The first kappa shape index (κ1) is 19.0. The number of ether oxygens (including phenoxy) is 3. The van der Waals surface area contributed by atoms with Gasteiger partial charge >= 0.3 is 5.97 Å². The van der Waals surface area contributed by atoms with E-state index in [0.717, 1.165) is 5.56 Å². The van der Waals surface area contributed by atoms with Crippen molar-refractivity contribution in [1.29, 1.82) is 0 Å². The molecule has 0 N–H and O–H groups in total. The number of rotatable bonds is 5. The highest BCUT2D eigenvalue weighted by atomic mass is 35.5. The van der Waals surface area contributed by atoms with E-state index >= 15 is 0 Å². The third-order valence-electron chi connectivity index (χ3n) is 3.73. The van der Waals surface area contributed by atoms with Gasteiger partial charge in [-0.2, -0.15) is 0 Å². The minimum atomic E-state index is -0.540. The van der Waals surface area contributed by atoms with Gasteiger partial charge < -0.3 is 14.2 Å². The van der Waals surface area contributed by atoms with E-state index < -0.39 is 5.97 Å². The van der Waals surface area contributed by atoms with Crippen LogP contribution < -0.4 is 9.47 Å². The first-order valence-corrected chi connectivity index (χ1v) is 8.64. The summed E-state index contributed by atoms with van der Waals surface area (Å²) in [5, 5.41) is 0.861. The summed E-state index contributed by atoms with van der Waals surface area (Å²) in [5.41, 5.74) is 1.60. The van der Waals surface area contributed by atoms with Crippen molar-refractivity contribution < 1.29 is 19.0 Å². The number of carbonyl (C=O) groups excluding carboxylic acids is 1. The number of esters is 1. The zero-order valence-electron chi connectivity index (χ0n) is 14.5. The molecule has 5 nitrogen and oxygen atoms in total. The van der Waals surface area contributed by atoms with Gasteiger partial charge in [0.1, 0.15) is 0 Å². The second-order valence-electron chi connectivity index (χ2n) is 5.46. The van der Waals surface area contributed by atoms with Crippen LogP contribution in [0, 0.1) is 0 Å². The van der Waals surface area contributed by atoms with E-state index in [0.29, 0.717) is 27.1 Å². The predicted molar refractivity (Wildman–Crippen MR) is 107 cm³/mol. The molecule has 2 aromatic carbocycles. The van der Waals surface area contributed by atoms with Gasteiger partial charge in [-0.05, 0) is 41.5 Å². The fourth-order valence-electron chi connectivity index (χ4n) is 2.41. The van der Waals surface area contributed by atoms with E-state index in [1.807, 2.05) is 0 Å². The van der Waals surface area contributed by atoms with Gasteiger partial charge in [-0.1, -0.05) is 41.4 Å². The van der Waals surface area contributed by atoms with E-state index in [1.54, 1.807) is 68.8 Å². The fraction of sp³-hybridized carbons (Fsp3) is 0.100. The molecule has 0 aromatic heterocycles. The second-order valence-corrected chi connectivity index (χ2v) is 6.25. The van der Waals surface area contributed by atoms with Gasteiger partial charge in [0.05, 0.1) is 24.3 Å². The molecule has 0 bridgehead atoms. The van der Waals surface area contributed by atoms with Crippen LogP contribution in [0.3, 0.4) is 0 Å². The summed E-state index contributed by atoms with van der Waals surface area (Å²) < 4.78 is 15.6. The van der Waals surface area contributed by atoms with E-state index in [-0.39, 0.29) is 11.6 Å². The summed E-state index contributed by atoms with van der Waals surface area (Å²) in [6.45, 7) is 0. The van der Waals surface area contributed by atoms with Crippen molar-refractivity contribution >= 4 is 47.2 Å². The largest absolute Gasteiger partial charge is 0.493 e. The summed E-state index contributed by atoms with van der Waals surface area (Å²) in [4.78, 5) is 16.3. The van der Waals surface area contributed by atoms with Gasteiger partial charge in [0, 0.05) is 6.08 Å². The van der Waals surface area contributed by atoms with E-state index in [1.165, 1.54) is 0 Å². The van der Waals surface area contributed by atoms with Crippen molar-refractivity contribution in [1.82, 2.24) is 0 Å². The number of aliphatic imine (C=N–C) groups is 1. The molecule has 0 spiro atoms. The third-order valence-corrected chi connectivity index (χ3v) is 4.57. The van der Waals surface area contributed by atoms with E-state index in [9.17, 15) is 4.79 Å². The van der Waals surface area contributed by atoms with Gasteiger partial charge in [-0.3, -0.25) is 0 Å². The van der Waals surface area contributed by atoms with Crippen LogP contribution in [0.1, 0.15) is 11.1 Å². The Kier molecular flexibility index (Phi) is 5.84. The maximum Gasteiger partial charge on any atom is 0.363 e. The average Bonchev–Trinajstić information content (AvgIpc) is 3.02. The predicted octanol–water partition coefficient (Wildman–Crippen LogP) is 5.02. The van der Waals surface area contributed by atoms with Crippen LogP contribution in [0.15, 0.2) is 53.2 Å². The zero-order valence-corrected chi connectivity index (χ0v) is 16.0. The zero-order chi connectivity index (χ0) is 19.4. The molecule has 3 rings (SSSR count). The van der Waals surface area contributed by atoms with Crippen molar-refractivity contribution in [2.24, 2.45) is 4.99 Å². The summed E-state index contributed by atoms with van der Waals surface area (Å²) in [6.07, 6.45) is 4.85. The number of hydrogen-bond acceptors (Lipinski definition) is 5. The molecule has 1 aliphatic rings. The molecule has 0 amide bonds. The van der Waals surface area contributed by atoms with Crippen LogP contribution in [-0.2, 0) is 9.53 Å². The van der Waals surface area contributed by atoms with Gasteiger partial charge in [0.15, 0.2) is 17.2 Å².